The third-order valence-electron chi connectivity index (χ3n) is 3.01. The van der Waals surface area contributed by atoms with Crippen molar-refractivity contribution in [3.63, 3.8) is 0 Å². The van der Waals surface area contributed by atoms with E-state index in [1.165, 1.54) is 24.3 Å². The summed E-state index contributed by atoms with van der Waals surface area (Å²) in [6, 6.07) is 4.65. The molecule has 0 aliphatic carbocycles. The smallest absolute Gasteiger partial charge is 0.348 e. The van der Waals surface area contributed by atoms with Crippen LogP contribution in [-0.4, -0.2) is 11.4 Å². The Morgan fingerprint density at radius 1 is 1.20 bits per heavy atom. The minimum Gasteiger partial charge on any atom is -0.348 e. The zero-order valence-electron chi connectivity index (χ0n) is 11.7. The van der Waals surface area contributed by atoms with Gasteiger partial charge in [0.05, 0.1) is 5.56 Å². The van der Waals surface area contributed by atoms with E-state index in [0.717, 1.165) is 18.6 Å². The quantitative estimate of drug-likeness (QED) is 0.832. The van der Waals surface area contributed by atoms with Crippen molar-refractivity contribution in [2.45, 2.75) is 38.9 Å². The van der Waals surface area contributed by atoms with Crippen LogP contribution in [0.1, 0.15) is 38.3 Å². The van der Waals surface area contributed by atoms with Crippen molar-refractivity contribution < 1.29 is 18.0 Å². The van der Waals surface area contributed by atoms with Gasteiger partial charge in [-0.15, -0.1) is 0 Å². The lowest BCUT2D eigenvalue weighted by Crippen LogP contribution is -2.41. The molecule has 0 heterocycles. The molecular weight excluding hydrogens is 267 g/mol. The first-order chi connectivity index (χ1) is 9.14. The molecule has 0 aromatic heterocycles. The number of rotatable bonds is 4. The largest absolute Gasteiger partial charge is 0.416 e. The van der Waals surface area contributed by atoms with Crippen LogP contribution in [0.5, 0.6) is 0 Å². The van der Waals surface area contributed by atoms with Crippen molar-refractivity contribution in [1.29, 1.82) is 0 Å². The molecule has 0 aliphatic rings. The van der Waals surface area contributed by atoms with Gasteiger partial charge in [0.15, 0.2) is 0 Å². The fraction of sp³-hybridized carbons (Fsp3) is 0.400. The topological polar surface area (TPSA) is 29.1 Å². The van der Waals surface area contributed by atoms with Crippen LogP contribution in [-0.2, 0) is 11.0 Å². The Morgan fingerprint density at radius 2 is 1.75 bits per heavy atom. The highest BCUT2D eigenvalue weighted by Gasteiger charge is 2.29. The van der Waals surface area contributed by atoms with E-state index in [-0.39, 0.29) is 11.4 Å². The number of nitrogens with one attached hydrogen (secondary N) is 1. The highest BCUT2D eigenvalue weighted by molar-refractivity contribution is 5.92. The summed E-state index contributed by atoms with van der Waals surface area (Å²) in [4.78, 5) is 11.6. The molecule has 2 nitrogen and oxygen atoms in total. The van der Waals surface area contributed by atoms with Crippen LogP contribution in [0.25, 0.3) is 6.08 Å². The molecule has 1 N–H and O–H groups in total. The van der Waals surface area contributed by atoms with E-state index in [0.29, 0.717) is 5.56 Å². The van der Waals surface area contributed by atoms with Crippen molar-refractivity contribution in [1.82, 2.24) is 5.32 Å². The first kappa shape index (κ1) is 16.3. The summed E-state index contributed by atoms with van der Waals surface area (Å²) in [6.07, 6.45) is -0.751. The van der Waals surface area contributed by atoms with Crippen molar-refractivity contribution in [2.75, 3.05) is 0 Å². The summed E-state index contributed by atoms with van der Waals surface area (Å²) in [5.41, 5.74) is -0.463. The maximum absolute atomic E-state index is 12.4. The predicted octanol–water partition coefficient (Wildman–Crippen LogP) is 4.02. The van der Waals surface area contributed by atoms with Gasteiger partial charge in [-0.3, -0.25) is 4.79 Å². The number of carbonyl (C=O) groups excluding carboxylic acids is 1. The fourth-order valence-electron chi connectivity index (χ4n) is 1.42. The first-order valence-corrected chi connectivity index (χ1v) is 6.31. The third kappa shape index (κ3) is 5.07. The maximum atomic E-state index is 12.4. The number of amides is 1. The second-order valence-electron chi connectivity index (χ2n) is 5.18. The van der Waals surface area contributed by atoms with Gasteiger partial charge < -0.3 is 5.32 Å². The molecule has 0 aliphatic heterocycles. The minimum atomic E-state index is -4.34. The summed E-state index contributed by atoms with van der Waals surface area (Å²) in [7, 11) is 0. The number of benzene rings is 1. The number of halogens is 3. The zero-order chi connectivity index (χ0) is 15.4. The van der Waals surface area contributed by atoms with Crippen LogP contribution in [0.3, 0.4) is 0 Å². The number of carbonyl (C=O) groups is 1. The molecule has 0 unspecified atom stereocenters. The summed E-state index contributed by atoms with van der Waals surface area (Å²) in [6.45, 7) is 5.76. The molecule has 0 atom stereocenters. The Kier molecular flexibility index (Phi) is 4.98. The summed E-state index contributed by atoms with van der Waals surface area (Å²) >= 11 is 0. The van der Waals surface area contributed by atoms with Crippen molar-refractivity contribution >= 4 is 12.0 Å². The fourth-order valence-corrected chi connectivity index (χ4v) is 1.42. The van der Waals surface area contributed by atoms with E-state index in [4.69, 9.17) is 0 Å². The second kappa shape index (κ2) is 6.11. The molecule has 0 saturated heterocycles. The molecule has 0 saturated carbocycles. The van der Waals surface area contributed by atoms with Gasteiger partial charge in [0.2, 0.25) is 5.91 Å². The molecular formula is C15H18F3NO. The standard InChI is InChI=1S/C15H18F3NO/c1-4-14(2,3)19-13(20)10-7-11-5-8-12(9-6-11)15(16,17)18/h5-10H,4H2,1-3H3,(H,19,20)/b10-7+. The minimum absolute atomic E-state index is 0.267. The molecule has 5 heteroatoms. The maximum Gasteiger partial charge on any atom is 0.416 e. The van der Waals surface area contributed by atoms with Gasteiger partial charge in [0, 0.05) is 11.6 Å². The average Bonchev–Trinajstić information content (AvgIpc) is 2.35. The lowest BCUT2D eigenvalue weighted by Gasteiger charge is -2.23. The normalized spacial score (nSPS) is 12.7. The van der Waals surface area contributed by atoms with E-state index in [1.54, 1.807) is 0 Å². The molecule has 0 spiro atoms. The van der Waals surface area contributed by atoms with E-state index in [2.05, 4.69) is 5.32 Å². The average molecular weight is 285 g/mol. The van der Waals surface area contributed by atoms with Gasteiger partial charge in [-0.1, -0.05) is 19.1 Å². The Bertz CT molecular complexity index is 487. The Hall–Kier alpha value is -1.78. The van der Waals surface area contributed by atoms with E-state index < -0.39 is 11.7 Å². The molecule has 1 aromatic rings. The Labute approximate surface area is 116 Å². The van der Waals surface area contributed by atoms with Gasteiger partial charge >= 0.3 is 6.18 Å². The van der Waals surface area contributed by atoms with E-state index in [9.17, 15) is 18.0 Å². The lowest BCUT2D eigenvalue weighted by atomic mass is 10.0. The zero-order valence-corrected chi connectivity index (χ0v) is 11.7. The number of hydrogen-bond donors (Lipinski definition) is 1. The Balaban J connectivity index is 2.69. The van der Waals surface area contributed by atoms with Crippen LogP contribution in [0.4, 0.5) is 13.2 Å². The monoisotopic (exact) mass is 285 g/mol. The van der Waals surface area contributed by atoms with Crippen LogP contribution in [0.2, 0.25) is 0 Å². The molecule has 0 bridgehead atoms. The molecule has 1 aromatic carbocycles. The van der Waals surface area contributed by atoms with Gasteiger partial charge in [-0.25, -0.2) is 0 Å². The first-order valence-electron chi connectivity index (χ1n) is 6.31. The Morgan fingerprint density at radius 3 is 2.20 bits per heavy atom. The molecule has 1 rings (SSSR count). The molecule has 0 radical (unpaired) electrons. The molecule has 110 valence electrons. The van der Waals surface area contributed by atoms with Crippen molar-refractivity contribution in [3.8, 4) is 0 Å². The lowest BCUT2D eigenvalue weighted by molar-refractivity contribution is -0.137. The summed E-state index contributed by atoms with van der Waals surface area (Å²) in [5, 5.41) is 2.81. The van der Waals surface area contributed by atoms with Crippen LogP contribution < -0.4 is 5.32 Å². The van der Waals surface area contributed by atoms with Crippen LogP contribution in [0.15, 0.2) is 30.3 Å². The highest BCUT2D eigenvalue weighted by Crippen LogP contribution is 2.29. The summed E-state index contributed by atoms with van der Waals surface area (Å²) < 4.78 is 37.1. The predicted molar refractivity (Wildman–Crippen MR) is 73.0 cm³/mol. The van der Waals surface area contributed by atoms with Crippen molar-refractivity contribution in [2.24, 2.45) is 0 Å². The van der Waals surface area contributed by atoms with Gasteiger partial charge in [-0.05, 0) is 44.0 Å². The van der Waals surface area contributed by atoms with Gasteiger partial charge in [-0.2, -0.15) is 13.2 Å². The van der Waals surface area contributed by atoms with Crippen LogP contribution in [0, 0.1) is 0 Å². The third-order valence-corrected chi connectivity index (χ3v) is 3.01. The highest BCUT2D eigenvalue weighted by atomic mass is 19.4. The number of alkyl halides is 3. The van der Waals surface area contributed by atoms with E-state index >= 15 is 0 Å². The molecule has 0 fully saturated rings. The molecule has 1 amide bonds. The van der Waals surface area contributed by atoms with Crippen molar-refractivity contribution in [3.05, 3.63) is 41.5 Å². The second-order valence-corrected chi connectivity index (χ2v) is 5.18. The molecule has 20 heavy (non-hydrogen) atoms. The van der Waals surface area contributed by atoms with Gasteiger partial charge in [0.25, 0.3) is 0 Å². The van der Waals surface area contributed by atoms with E-state index in [1.807, 2.05) is 20.8 Å². The summed E-state index contributed by atoms with van der Waals surface area (Å²) in [5.74, 6) is -0.267. The number of hydrogen-bond acceptors (Lipinski definition) is 1. The van der Waals surface area contributed by atoms with Gasteiger partial charge in [0.1, 0.15) is 0 Å². The SMILES string of the molecule is CCC(C)(C)NC(=O)/C=C/c1ccc(C(F)(F)F)cc1. The van der Waals surface area contributed by atoms with Crippen LogP contribution >= 0.6 is 0 Å².